The van der Waals surface area contributed by atoms with Crippen molar-refractivity contribution in [3.8, 4) is 0 Å². The monoisotopic (exact) mass is 190 g/mol. The first-order valence-corrected chi connectivity index (χ1v) is 6.02. The SMILES string of the molecule is O=C/C=C/C1CC[C@H]2C3CCC(C3)[C@@H]12. The number of allylic oxidation sites excluding steroid dienone is 2. The van der Waals surface area contributed by atoms with Crippen LogP contribution in [-0.2, 0) is 4.79 Å². The summed E-state index contributed by atoms with van der Waals surface area (Å²) in [4.78, 5) is 10.3. The van der Waals surface area contributed by atoms with E-state index in [0.717, 1.165) is 35.9 Å². The summed E-state index contributed by atoms with van der Waals surface area (Å²) >= 11 is 0. The van der Waals surface area contributed by atoms with Crippen LogP contribution in [0.5, 0.6) is 0 Å². The molecule has 2 bridgehead atoms. The molecule has 3 rings (SSSR count). The van der Waals surface area contributed by atoms with E-state index >= 15 is 0 Å². The van der Waals surface area contributed by atoms with Crippen molar-refractivity contribution in [3.63, 3.8) is 0 Å². The molecule has 0 aromatic heterocycles. The minimum atomic E-state index is 0.737. The molecule has 0 aromatic rings. The van der Waals surface area contributed by atoms with Crippen LogP contribution in [0.2, 0.25) is 0 Å². The van der Waals surface area contributed by atoms with E-state index in [1.54, 1.807) is 6.08 Å². The lowest BCUT2D eigenvalue weighted by molar-refractivity contribution is -0.104. The van der Waals surface area contributed by atoms with Gasteiger partial charge < -0.3 is 0 Å². The lowest BCUT2D eigenvalue weighted by atomic mass is 9.78. The fourth-order valence-electron chi connectivity index (χ4n) is 4.54. The zero-order chi connectivity index (χ0) is 9.54. The Morgan fingerprint density at radius 3 is 2.71 bits per heavy atom. The van der Waals surface area contributed by atoms with Crippen LogP contribution in [0, 0.1) is 29.6 Å². The van der Waals surface area contributed by atoms with Crippen LogP contribution in [0.4, 0.5) is 0 Å². The van der Waals surface area contributed by atoms with Gasteiger partial charge in [0.2, 0.25) is 0 Å². The maximum Gasteiger partial charge on any atom is 0.142 e. The lowest BCUT2D eigenvalue weighted by Crippen LogP contribution is -2.21. The van der Waals surface area contributed by atoms with Gasteiger partial charge in [-0.2, -0.15) is 0 Å². The van der Waals surface area contributed by atoms with E-state index in [-0.39, 0.29) is 0 Å². The van der Waals surface area contributed by atoms with Crippen LogP contribution in [0.25, 0.3) is 0 Å². The summed E-state index contributed by atoms with van der Waals surface area (Å²) in [7, 11) is 0. The molecule has 3 fully saturated rings. The first-order chi connectivity index (χ1) is 6.90. The van der Waals surface area contributed by atoms with Gasteiger partial charge in [0, 0.05) is 0 Å². The van der Waals surface area contributed by atoms with Crippen molar-refractivity contribution in [1.29, 1.82) is 0 Å². The smallest absolute Gasteiger partial charge is 0.142 e. The van der Waals surface area contributed by atoms with E-state index in [2.05, 4.69) is 6.08 Å². The maximum absolute atomic E-state index is 10.3. The fourth-order valence-corrected chi connectivity index (χ4v) is 4.54. The molecule has 0 spiro atoms. The number of carbonyl (C=O) groups excluding carboxylic acids is 1. The molecule has 3 saturated carbocycles. The molecule has 14 heavy (non-hydrogen) atoms. The zero-order valence-corrected chi connectivity index (χ0v) is 8.56. The molecule has 1 nitrogen and oxygen atoms in total. The summed E-state index contributed by atoms with van der Waals surface area (Å²) in [5.74, 6) is 4.77. The molecule has 5 atom stereocenters. The molecule has 0 saturated heterocycles. The van der Waals surface area contributed by atoms with Gasteiger partial charge >= 0.3 is 0 Å². The van der Waals surface area contributed by atoms with Crippen LogP contribution in [0.1, 0.15) is 32.1 Å². The lowest BCUT2D eigenvalue weighted by Gasteiger charge is -2.27. The summed E-state index contributed by atoms with van der Waals surface area (Å²) < 4.78 is 0. The molecule has 3 aliphatic carbocycles. The summed E-state index contributed by atoms with van der Waals surface area (Å²) in [5, 5.41) is 0. The Labute approximate surface area is 85.6 Å². The summed E-state index contributed by atoms with van der Waals surface area (Å²) in [6.07, 6.45) is 12.1. The highest BCUT2D eigenvalue weighted by atomic mass is 16.1. The predicted molar refractivity (Wildman–Crippen MR) is 55.7 cm³/mol. The van der Waals surface area contributed by atoms with E-state index < -0.39 is 0 Å². The Bertz CT molecular complexity index is 268. The van der Waals surface area contributed by atoms with Crippen molar-refractivity contribution >= 4 is 6.29 Å². The summed E-state index contributed by atoms with van der Waals surface area (Å²) in [5.41, 5.74) is 0. The van der Waals surface area contributed by atoms with Crippen LogP contribution in [0.15, 0.2) is 12.2 Å². The normalized spacial score (nSPS) is 50.1. The maximum atomic E-state index is 10.3. The Morgan fingerprint density at radius 1 is 1.00 bits per heavy atom. The highest BCUT2D eigenvalue weighted by Crippen LogP contribution is 2.60. The van der Waals surface area contributed by atoms with Gasteiger partial charge in [-0.1, -0.05) is 6.08 Å². The molecule has 0 N–H and O–H groups in total. The first kappa shape index (κ1) is 8.70. The average Bonchev–Trinajstić information content (AvgIpc) is 2.87. The molecule has 0 radical (unpaired) electrons. The molecule has 0 aliphatic heterocycles. The van der Waals surface area contributed by atoms with E-state index in [4.69, 9.17) is 0 Å². The van der Waals surface area contributed by atoms with Crippen molar-refractivity contribution < 1.29 is 4.79 Å². The van der Waals surface area contributed by atoms with E-state index in [1.807, 2.05) is 0 Å². The van der Waals surface area contributed by atoms with E-state index in [0.29, 0.717) is 0 Å². The Hall–Kier alpha value is -0.590. The fraction of sp³-hybridized carbons (Fsp3) is 0.769. The van der Waals surface area contributed by atoms with Gasteiger partial charge in [0.15, 0.2) is 0 Å². The van der Waals surface area contributed by atoms with Gasteiger partial charge in [0.05, 0.1) is 0 Å². The van der Waals surface area contributed by atoms with Gasteiger partial charge in [0.1, 0.15) is 6.29 Å². The molecule has 1 heteroatoms. The van der Waals surface area contributed by atoms with Gasteiger partial charge in [-0.25, -0.2) is 0 Å². The zero-order valence-electron chi connectivity index (χ0n) is 8.56. The minimum Gasteiger partial charge on any atom is -0.299 e. The van der Waals surface area contributed by atoms with Gasteiger partial charge in [-0.3, -0.25) is 4.79 Å². The van der Waals surface area contributed by atoms with Crippen LogP contribution in [0.3, 0.4) is 0 Å². The summed E-state index contributed by atoms with van der Waals surface area (Å²) in [6.45, 7) is 0. The predicted octanol–water partition coefficient (Wildman–Crippen LogP) is 2.81. The molecular formula is C13H18O. The van der Waals surface area contributed by atoms with Crippen molar-refractivity contribution in [1.82, 2.24) is 0 Å². The van der Waals surface area contributed by atoms with Gasteiger partial charge in [0.25, 0.3) is 0 Å². The van der Waals surface area contributed by atoms with Crippen molar-refractivity contribution in [3.05, 3.63) is 12.2 Å². The highest BCUT2D eigenvalue weighted by molar-refractivity contribution is 5.64. The van der Waals surface area contributed by atoms with Crippen molar-refractivity contribution in [2.75, 3.05) is 0 Å². The second-order valence-corrected chi connectivity index (χ2v) is 5.34. The minimum absolute atomic E-state index is 0.737. The molecule has 3 aliphatic rings. The highest BCUT2D eigenvalue weighted by Gasteiger charge is 2.52. The second kappa shape index (κ2) is 3.22. The Morgan fingerprint density at radius 2 is 1.86 bits per heavy atom. The topological polar surface area (TPSA) is 17.1 Å². The Kier molecular flexibility index (Phi) is 2.00. The molecule has 0 heterocycles. The third kappa shape index (κ3) is 1.11. The third-order valence-corrected chi connectivity index (χ3v) is 4.92. The number of carbonyl (C=O) groups is 1. The van der Waals surface area contributed by atoms with Crippen LogP contribution >= 0.6 is 0 Å². The average molecular weight is 190 g/mol. The largest absolute Gasteiger partial charge is 0.299 e. The first-order valence-electron chi connectivity index (χ1n) is 6.02. The van der Waals surface area contributed by atoms with Gasteiger partial charge in [-0.15, -0.1) is 0 Å². The number of rotatable bonds is 2. The third-order valence-electron chi connectivity index (χ3n) is 4.92. The number of fused-ring (bicyclic) bond motifs is 5. The van der Waals surface area contributed by atoms with E-state index in [1.165, 1.54) is 32.1 Å². The van der Waals surface area contributed by atoms with Crippen molar-refractivity contribution in [2.24, 2.45) is 29.6 Å². The van der Waals surface area contributed by atoms with Crippen LogP contribution < -0.4 is 0 Å². The number of aldehydes is 1. The van der Waals surface area contributed by atoms with E-state index in [9.17, 15) is 4.79 Å². The molecule has 76 valence electrons. The molecule has 0 amide bonds. The number of hydrogen-bond donors (Lipinski definition) is 0. The standard InChI is InChI=1S/C13H18O/c14-7-1-2-9-5-6-12-10-3-4-11(8-10)13(9)12/h1-2,7,9-13H,3-6,8H2/b2-1+/t9?,10?,11?,12-,13+/m0/s1. The quantitative estimate of drug-likeness (QED) is 0.483. The van der Waals surface area contributed by atoms with Crippen LogP contribution in [-0.4, -0.2) is 6.29 Å². The van der Waals surface area contributed by atoms with Crippen molar-refractivity contribution in [2.45, 2.75) is 32.1 Å². The second-order valence-electron chi connectivity index (χ2n) is 5.34. The Balaban J connectivity index is 1.78. The van der Waals surface area contributed by atoms with Gasteiger partial charge in [-0.05, 0) is 67.8 Å². The summed E-state index contributed by atoms with van der Waals surface area (Å²) in [6, 6.07) is 0. The number of hydrogen-bond acceptors (Lipinski definition) is 1. The molecule has 0 aromatic carbocycles. The molecule has 3 unspecified atom stereocenters. The molecular weight excluding hydrogens is 172 g/mol.